The van der Waals surface area contributed by atoms with Crippen molar-refractivity contribution < 1.29 is 18.0 Å². The number of aromatic nitrogens is 3. The molecule has 1 saturated heterocycles. The summed E-state index contributed by atoms with van der Waals surface area (Å²) >= 11 is 0. The molecule has 1 aromatic carbocycles. The quantitative estimate of drug-likeness (QED) is 0.666. The third-order valence-electron chi connectivity index (χ3n) is 5.26. The number of hydrogen-bond acceptors (Lipinski definition) is 4. The first-order chi connectivity index (χ1) is 14.3. The predicted molar refractivity (Wildman–Crippen MR) is 105 cm³/mol. The van der Waals surface area contributed by atoms with Crippen molar-refractivity contribution in [1.82, 2.24) is 20.1 Å². The maximum Gasteiger partial charge on any atom is 0.416 e. The van der Waals surface area contributed by atoms with Gasteiger partial charge in [0.1, 0.15) is 11.6 Å². The number of hydrogen-bond donors (Lipinski definition) is 2. The first-order valence-corrected chi connectivity index (χ1v) is 9.47. The molecule has 0 spiro atoms. The van der Waals surface area contributed by atoms with Crippen LogP contribution in [0.2, 0.25) is 0 Å². The van der Waals surface area contributed by atoms with Crippen molar-refractivity contribution in [2.24, 2.45) is 7.05 Å². The Hall–Kier alpha value is -3.36. The third kappa shape index (κ3) is 4.14. The zero-order valence-electron chi connectivity index (χ0n) is 16.1. The second-order valence-corrected chi connectivity index (χ2v) is 7.28. The monoisotopic (exact) mass is 415 g/mol. The first-order valence-electron chi connectivity index (χ1n) is 9.47. The molecule has 1 aliphatic rings. The summed E-state index contributed by atoms with van der Waals surface area (Å²) in [6.45, 7) is 0. The average molecular weight is 415 g/mol. The molecular formula is C21H20F3N5O. The molecule has 9 heteroatoms. The van der Waals surface area contributed by atoms with E-state index in [1.54, 1.807) is 42.3 Å². The van der Waals surface area contributed by atoms with Crippen LogP contribution in [-0.2, 0) is 18.0 Å². The number of anilines is 2. The Morgan fingerprint density at radius 2 is 1.97 bits per heavy atom. The smallest absolute Gasteiger partial charge is 0.349 e. The van der Waals surface area contributed by atoms with Crippen LogP contribution in [0.5, 0.6) is 0 Å². The van der Waals surface area contributed by atoms with Crippen molar-refractivity contribution in [1.29, 1.82) is 0 Å². The fourth-order valence-electron chi connectivity index (χ4n) is 3.82. The van der Waals surface area contributed by atoms with Gasteiger partial charge in [0.25, 0.3) is 0 Å². The molecular weight excluding hydrogens is 395 g/mol. The summed E-state index contributed by atoms with van der Waals surface area (Å²) < 4.78 is 42.0. The van der Waals surface area contributed by atoms with E-state index in [4.69, 9.17) is 0 Å². The second kappa shape index (κ2) is 7.81. The standard InChI is InChI=1S/C21H20F3N5O/c1-29-19(7-9-26-29)28-18-11-13(6-8-25-18)14-10-17(27-20(30)12-14)15-4-2-3-5-16(15)21(22,23)24/h2-9,11,14,17H,10,12H2,1H3,(H,25,28)(H,27,30). The summed E-state index contributed by atoms with van der Waals surface area (Å²) in [6.07, 6.45) is -0.626. The number of nitrogens with one attached hydrogen (secondary N) is 2. The van der Waals surface area contributed by atoms with Gasteiger partial charge in [0.05, 0.1) is 17.8 Å². The van der Waals surface area contributed by atoms with Gasteiger partial charge in [0, 0.05) is 25.7 Å². The zero-order chi connectivity index (χ0) is 21.3. The number of benzene rings is 1. The Morgan fingerprint density at radius 3 is 2.70 bits per heavy atom. The lowest BCUT2D eigenvalue weighted by atomic mass is 9.83. The van der Waals surface area contributed by atoms with Crippen LogP contribution in [0.15, 0.2) is 54.9 Å². The Balaban J connectivity index is 1.60. The van der Waals surface area contributed by atoms with Gasteiger partial charge in [-0.2, -0.15) is 18.3 Å². The highest BCUT2D eigenvalue weighted by molar-refractivity contribution is 5.78. The average Bonchev–Trinajstić information content (AvgIpc) is 3.11. The molecule has 6 nitrogen and oxygen atoms in total. The molecule has 0 bridgehead atoms. The van der Waals surface area contributed by atoms with Gasteiger partial charge in [0.2, 0.25) is 5.91 Å². The minimum absolute atomic E-state index is 0.0883. The van der Waals surface area contributed by atoms with Gasteiger partial charge in [0.15, 0.2) is 0 Å². The van der Waals surface area contributed by atoms with Crippen LogP contribution in [-0.4, -0.2) is 20.7 Å². The van der Waals surface area contributed by atoms with E-state index in [1.807, 2.05) is 6.07 Å². The number of piperidine rings is 1. The number of halogens is 3. The normalized spacial score (nSPS) is 19.4. The summed E-state index contributed by atoms with van der Waals surface area (Å²) in [5, 5.41) is 9.96. The van der Waals surface area contributed by atoms with Gasteiger partial charge < -0.3 is 10.6 Å². The van der Waals surface area contributed by atoms with Crippen molar-refractivity contribution >= 4 is 17.5 Å². The van der Waals surface area contributed by atoms with Crippen LogP contribution in [0.3, 0.4) is 0 Å². The lowest BCUT2D eigenvalue weighted by molar-refractivity contribution is -0.139. The molecule has 1 aliphatic heterocycles. The van der Waals surface area contributed by atoms with Crippen molar-refractivity contribution in [3.05, 3.63) is 71.5 Å². The van der Waals surface area contributed by atoms with E-state index in [1.165, 1.54) is 12.1 Å². The molecule has 0 saturated carbocycles. The third-order valence-corrected chi connectivity index (χ3v) is 5.26. The van der Waals surface area contributed by atoms with E-state index in [2.05, 4.69) is 20.7 Å². The van der Waals surface area contributed by atoms with Crippen LogP contribution in [0, 0.1) is 0 Å². The summed E-state index contributed by atoms with van der Waals surface area (Å²) in [4.78, 5) is 16.6. The molecule has 30 heavy (non-hydrogen) atoms. The van der Waals surface area contributed by atoms with E-state index in [0.717, 1.165) is 17.4 Å². The van der Waals surface area contributed by atoms with E-state index in [0.29, 0.717) is 12.2 Å². The van der Waals surface area contributed by atoms with E-state index < -0.39 is 17.8 Å². The SMILES string of the molecule is Cn1nccc1Nc1cc(C2CC(=O)NC(c3ccccc3C(F)(F)F)C2)ccn1. The molecule has 1 fully saturated rings. The van der Waals surface area contributed by atoms with Crippen molar-refractivity contribution in [3.8, 4) is 0 Å². The van der Waals surface area contributed by atoms with Crippen LogP contribution < -0.4 is 10.6 Å². The maximum absolute atomic E-state index is 13.5. The molecule has 2 unspecified atom stereocenters. The number of amides is 1. The summed E-state index contributed by atoms with van der Waals surface area (Å²) in [5.41, 5.74) is 0.216. The summed E-state index contributed by atoms with van der Waals surface area (Å²) in [5.74, 6) is 0.832. The maximum atomic E-state index is 13.5. The number of nitrogens with zero attached hydrogens (tertiary/aromatic N) is 3. The number of alkyl halides is 3. The second-order valence-electron chi connectivity index (χ2n) is 7.28. The summed E-state index contributed by atoms with van der Waals surface area (Å²) in [6, 6.07) is 10.1. The zero-order valence-corrected chi connectivity index (χ0v) is 16.1. The molecule has 1 amide bonds. The molecule has 4 rings (SSSR count). The van der Waals surface area contributed by atoms with Gasteiger partial charge in [-0.15, -0.1) is 0 Å². The number of aryl methyl sites for hydroxylation is 1. The summed E-state index contributed by atoms with van der Waals surface area (Å²) in [7, 11) is 1.79. The first kappa shape index (κ1) is 19.9. The van der Waals surface area contributed by atoms with E-state index >= 15 is 0 Å². The van der Waals surface area contributed by atoms with Crippen LogP contribution in [0.1, 0.15) is 41.5 Å². The molecule has 2 atom stereocenters. The molecule has 2 N–H and O–H groups in total. The molecule has 0 aliphatic carbocycles. The Kier molecular flexibility index (Phi) is 5.19. The molecule has 2 aromatic heterocycles. The Bertz CT molecular complexity index is 1060. The van der Waals surface area contributed by atoms with Gasteiger partial charge in [-0.05, 0) is 41.7 Å². The highest BCUT2D eigenvalue weighted by atomic mass is 19.4. The van der Waals surface area contributed by atoms with Crippen molar-refractivity contribution in [2.75, 3.05) is 5.32 Å². The number of pyridine rings is 1. The fourth-order valence-corrected chi connectivity index (χ4v) is 3.82. The lowest BCUT2D eigenvalue weighted by Gasteiger charge is -2.32. The Morgan fingerprint density at radius 1 is 1.17 bits per heavy atom. The van der Waals surface area contributed by atoms with E-state index in [-0.39, 0.29) is 23.8 Å². The van der Waals surface area contributed by atoms with Crippen LogP contribution >= 0.6 is 0 Å². The van der Waals surface area contributed by atoms with Crippen molar-refractivity contribution in [3.63, 3.8) is 0 Å². The lowest BCUT2D eigenvalue weighted by Crippen LogP contribution is -2.37. The van der Waals surface area contributed by atoms with Crippen molar-refractivity contribution in [2.45, 2.75) is 31.0 Å². The molecule has 156 valence electrons. The van der Waals surface area contributed by atoms with Gasteiger partial charge >= 0.3 is 6.18 Å². The van der Waals surface area contributed by atoms with Crippen LogP contribution in [0.4, 0.5) is 24.8 Å². The molecule has 3 aromatic rings. The molecule has 3 heterocycles. The van der Waals surface area contributed by atoms with E-state index in [9.17, 15) is 18.0 Å². The fraction of sp³-hybridized carbons (Fsp3) is 0.286. The van der Waals surface area contributed by atoms with Crippen LogP contribution in [0.25, 0.3) is 0 Å². The highest BCUT2D eigenvalue weighted by Crippen LogP contribution is 2.40. The minimum Gasteiger partial charge on any atom is -0.349 e. The highest BCUT2D eigenvalue weighted by Gasteiger charge is 2.37. The Labute approximate surface area is 171 Å². The predicted octanol–water partition coefficient (Wildman–Crippen LogP) is 4.31. The van der Waals surface area contributed by atoms with Gasteiger partial charge in [-0.1, -0.05) is 18.2 Å². The molecule has 0 radical (unpaired) electrons. The largest absolute Gasteiger partial charge is 0.416 e. The minimum atomic E-state index is -4.48. The number of rotatable bonds is 4. The number of carbonyl (C=O) groups excluding carboxylic acids is 1. The number of carbonyl (C=O) groups is 1. The topological polar surface area (TPSA) is 71.8 Å². The van der Waals surface area contributed by atoms with Gasteiger partial charge in [-0.25, -0.2) is 4.98 Å². The van der Waals surface area contributed by atoms with Gasteiger partial charge in [-0.3, -0.25) is 9.48 Å².